The zero-order valence-corrected chi connectivity index (χ0v) is 10.2. The summed E-state index contributed by atoms with van der Waals surface area (Å²) in [7, 11) is 0. The van der Waals surface area contributed by atoms with Crippen LogP contribution in [-0.2, 0) is 0 Å². The summed E-state index contributed by atoms with van der Waals surface area (Å²) < 4.78 is 15.2. The minimum atomic E-state index is -0.272. The van der Waals surface area contributed by atoms with Crippen molar-refractivity contribution in [2.45, 2.75) is 6.92 Å². The van der Waals surface area contributed by atoms with Crippen LogP contribution in [0, 0.1) is 12.7 Å². The summed E-state index contributed by atoms with van der Waals surface area (Å²) in [5, 5.41) is 8.34. The molecule has 0 radical (unpaired) electrons. The lowest BCUT2D eigenvalue weighted by Gasteiger charge is -2.01. The predicted octanol–water partition coefficient (Wildman–Crippen LogP) is 2.89. The SMILES string of the molecule is Cc1ccc(-c2nnc3cc(Cl)ncn23)cc1F. The smallest absolute Gasteiger partial charge is 0.169 e. The van der Waals surface area contributed by atoms with Gasteiger partial charge in [-0.2, -0.15) is 0 Å². The molecule has 0 unspecified atom stereocenters. The maximum atomic E-state index is 13.5. The Bertz CT molecular complexity index is 738. The number of nitrogens with zero attached hydrogens (tertiary/aromatic N) is 4. The first-order chi connectivity index (χ1) is 8.65. The Balaban J connectivity index is 2.22. The van der Waals surface area contributed by atoms with Crippen LogP contribution in [0.15, 0.2) is 30.6 Å². The van der Waals surface area contributed by atoms with Gasteiger partial charge in [0.1, 0.15) is 17.3 Å². The molecule has 3 rings (SSSR count). The molecule has 0 saturated heterocycles. The van der Waals surface area contributed by atoms with Crippen LogP contribution in [-0.4, -0.2) is 19.6 Å². The monoisotopic (exact) mass is 262 g/mol. The first-order valence-corrected chi connectivity index (χ1v) is 5.66. The predicted molar refractivity (Wildman–Crippen MR) is 65.9 cm³/mol. The van der Waals surface area contributed by atoms with Gasteiger partial charge in [0.15, 0.2) is 11.5 Å². The van der Waals surface area contributed by atoms with Crippen LogP contribution in [0.1, 0.15) is 5.56 Å². The number of hydrogen-bond acceptors (Lipinski definition) is 3. The lowest BCUT2D eigenvalue weighted by Crippen LogP contribution is -1.92. The van der Waals surface area contributed by atoms with E-state index in [1.807, 2.05) is 0 Å². The number of aryl methyl sites for hydroxylation is 1. The molecule has 2 aromatic heterocycles. The molecule has 0 aliphatic heterocycles. The highest BCUT2D eigenvalue weighted by Gasteiger charge is 2.10. The summed E-state index contributed by atoms with van der Waals surface area (Å²) in [6, 6.07) is 6.53. The summed E-state index contributed by atoms with van der Waals surface area (Å²) in [5.41, 5.74) is 1.81. The zero-order valence-electron chi connectivity index (χ0n) is 9.43. The Morgan fingerprint density at radius 1 is 1.22 bits per heavy atom. The number of halogens is 2. The Morgan fingerprint density at radius 2 is 2.06 bits per heavy atom. The van der Waals surface area contributed by atoms with Crippen LogP contribution in [0.4, 0.5) is 4.39 Å². The van der Waals surface area contributed by atoms with Crippen molar-refractivity contribution in [1.82, 2.24) is 19.6 Å². The summed E-state index contributed by atoms with van der Waals surface area (Å²) in [6.45, 7) is 1.71. The zero-order chi connectivity index (χ0) is 12.7. The Kier molecular flexibility index (Phi) is 2.48. The van der Waals surface area contributed by atoms with Gasteiger partial charge in [-0.15, -0.1) is 10.2 Å². The second-order valence-corrected chi connectivity index (χ2v) is 4.31. The fourth-order valence-electron chi connectivity index (χ4n) is 1.70. The fourth-order valence-corrected chi connectivity index (χ4v) is 1.84. The van der Waals surface area contributed by atoms with Gasteiger partial charge < -0.3 is 0 Å². The average Bonchev–Trinajstić information content (AvgIpc) is 2.75. The molecule has 0 spiro atoms. The van der Waals surface area contributed by atoms with E-state index in [-0.39, 0.29) is 5.82 Å². The topological polar surface area (TPSA) is 43.1 Å². The van der Waals surface area contributed by atoms with Crippen molar-refractivity contribution >= 4 is 17.2 Å². The van der Waals surface area contributed by atoms with Crippen LogP contribution in [0.3, 0.4) is 0 Å². The molecular weight excluding hydrogens is 255 g/mol. The molecule has 0 aliphatic carbocycles. The molecule has 4 nitrogen and oxygen atoms in total. The van der Waals surface area contributed by atoms with Crippen LogP contribution in [0.25, 0.3) is 17.0 Å². The fraction of sp³-hybridized carbons (Fsp3) is 0.0833. The third-order valence-electron chi connectivity index (χ3n) is 2.70. The van der Waals surface area contributed by atoms with E-state index in [0.717, 1.165) is 0 Å². The summed E-state index contributed by atoms with van der Waals surface area (Å²) >= 11 is 5.77. The van der Waals surface area contributed by atoms with Gasteiger partial charge in [0.2, 0.25) is 0 Å². The van der Waals surface area contributed by atoms with Gasteiger partial charge in [-0.25, -0.2) is 9.37 Å². The quantitative estimate of drug-likeness (QED) is 0.634. The van der Waals surface area contributed by atoms with Crippen LogP contribution in [0.2, 0.25) is 5.15 Å². The maximum absolute atomic E-state index is 13.5. The van der Waals surface area contributed by atoms with Crippen molar-refractivity contribution in [1.29, 1.82) is 0 Å². The highest BCUT2D eigenvalue weighted by molar-refractivity contribution is 6.29. The second kappa shape index (κ2) is 4.03. The number of aromatic nitrogens is 4. The average molecular weight is 263 g/mol. The van der Waals surface area contributed by atoms with Crippen LogP contribution < -0.4 is 0 Å². The van der Waals surface area contributed by atoms with Crippen molar-refractivity contribution in [3.8, 4) is 11.4 Å². The molecule has 0 atom stereocenters. The Hall–Kier alpha value is -2.01. The largest absolute Gasteiger partial charge is 0.265 e. The molecule has 3 aromatic rings. The first-order valence-electron chi connectivity index (χ1n) is 5.28. The third-order valence-corrected chi connectivity index (χ3v) is 2.90. The maximum Gasteiger partial charge on any atom is 0.169 e. The van der Waals surface area contributed by atoms with Crippen molar-refractivity contribution in [3.05, 3.63) is 47.1 Å². The van der Waals surface area contributed by atoms with E-state index in [1.54, 1.807) is 29.5 Å². The van der Waals surface area contributed by atoms with E-state index in [9.17, 15) is 4.39 Å². The minimum absolute atomic E-state index is 0.272. The second-order valence-electron chi connectivity index (χ2n) is 3.93. The molecular formula is C12H8ClFN4. The lowest BCUT2D eigenvalue weighted by atomic mass is 10.1. The van der Waals surface area contributed by atoms with Gasteiger partial charge in [-0.3, -0.25) is 4.40 Å². The van der Waals surface area contributed by atoms with Gasteiger partial charge in [-0.05, 0) is 18.6 Å². The van der Waals surface area contributed by atoms with Crippen LogP contribution in [0.5, 0.6) is 0 Å². The van der Waals surface area contributed by atoms with E-state index in [2.05, 4.69) is 15.2 Å². The van der Waals surface area contributed by atoms with Gasteiger partial charge in [0.25, 0.3) is 0 Å². The molecule has 0 bridgehead atoms. The Labute approximate surface area is 107 Å². The van der Waals surface area contributed by atoms with Crippen molar-refractivity contribution in [2.24, 2.45) is 0 Å². The van der Waals surface area contributed by atoms with E-state index in [1.165, 1.54) is 12.4 Å². The van der Waals surface area contributed by atoms with Crippen molar-refractivity contribution < 1.29 is 4.39 Å². The standard InChI is InChI=1S/C12H8ClFN4/c1-7-2-3-8(4-9(7)14)12-17-16-11-5-10(13)15-6-18(11)12/h2-6H,1H3. The molecule has 0 N–H and O–H groups in total. The lowest BCUT2D eigenvalue weighted by molar-refractivity contribution is 0.619. The number of rotatable bonds is 1. The third kappa shape index (κ3) is 1.73. The van der Waals surface area contributed by atoms with E-state index in [4.69, 9.17) is 11.6 Å². The normalized spacial score (nSPS) is 11.1. The van der Waals surface area contributed by atoms with Gasteiger partial charge in [0.05, 0.1) is 0 Å². The molecule has 0 amide bonds. The van der Waals surface area contributed by atoms with Gasteiger partial charge in [0, 0.05) is 11.6 Å². The van der Waals surface area contributed by atoms with E-state index < -0.39 is 0 Å². The van der Waals surface area contributed by atoms with Gasteiger partial charge >= 0.3 is 0 Å². The highest BCUT2D eigenvalue weighted by Crippen LogP contribution is 2.21. The number of hydrogen-bond donors (Lipinski definition) is 0. The molecule has 0 aliphatic rings. The molecule has 6 heteroatoms. The van der Waals surface area contributed by atoms with Crippen molar-refractivity contribution in [3.63, 3.8) is 0 Å². The molecule has 18 heavy (non-hydrogen) atoms. The van der Waals surface area contributed by atoms with Gasteiger partial charge in [-0.1, -0.05) is 23.7 Å². The van der Waals surface area contributed by atoms with E-state index >= 15 is 0 Å². The molecule has 2 heterocycles. The number of benzene rings is 1. The van der Waals surface area contributed by atoms with Crippen molar-refractivity contribution in [2.75, 3.05) is 0 Å². The number of fused-ring (bicyclic) bond motifs is 1. The Morgan fingerprint density at radius 3 is 2.83 bits per heavy atom. The molecule has 90 valence electrons. The summed E-state index contributed by atoms with van der Waals surface area (Å²) in [6.07, 6.45) is 1.52. The molecule has 1 aromatic carbocycles. The highest BCUT2D eigenvalue weighted by atomic mass is 35.5. The molecule has 0 saturated carbocycles. The van der Waals surface area contributed by atoms with E-state index in [0.29, 0.717) is 27.8 Å². The summed E-state index contributed by atoms with van der Waals surface area (Å²) in [5.74, 6) is 0.263. The van der Waals surface area contributed by atoms with Crippen LogP contribution >= 0.6 is 11.6 Å². The summed E-state index contributed by atoms with van der Waals surface area (Å²) in [4.78, 5) is 3.96. The first kappa shape index (κ1) is 11.1. The molecule has 0 fully saturated rings. The minimum Gasteiger partial charge on any atom is -0.265 e.